The lowest BCUT2D eigenvalue weighted by Crippen LogP contribution is -2.50. The minimum atomic E-state index is -0.387. The first-order chi connectivity index (χ1) is 11.7. The molecule has 1 aliphatic rings. The van der Waals surface area contributed by atoms with Crippen LogP contribution in [0.25, 0.3) is 0 Å². The predicted molar refractivity (Wildman–Crippen MR) is 96.9 cm³/mol. The van der Waals surface area contributed by atoms with Crippen LogP contribution >= 0.6 is 0 Å². The lowest BCUT2D eigenvalue weighted by atomic mass is 10.0. The van der Waals surface area contributed by atoms with E-state index < -0.39 is 0 Å². The van der Waals surface area contributed by atoms with Crippen LogP contribution in [-0.2, 0) is 5.66 Å². The van der Waals surface area contributed by atoms with Crippen LogP contribution in [0.4, 0.5) is 11.5 Å². The number of anilines is 2. The van der Waals surface area contributed by atoms with Crippen molar-refractivity contribution < 1.29 is 0 Å². The molecule has 4 rings (SSSR count). The number of aromatic nitrogens is 1. The van der Waals surface area contributed by atoms with E-state index in [0.29, 0.717) is 0 Å². The first kappa shape index (κ1) is 14.8. The second kappa shape index (κ2) is 5.70. The molecule has 2 N–H and O–H groups in total. The number of hydrazine groups is 3. The van der Waals surface area contributed by atoms with E-state index in [1.54, 1.807) is 0 Å². The second-order valence-corrected chi connectivity index (χ2v) is 6.06. The van der Waals surface area contributed by atoms with E-state index in [1.165, 1.54) is 5.56 Å². The fourth-order valence-corrected chi connectivity index (χ4v) is 3.23. The summed E-state index contributed by atoms with van der Waals surface area (Å²) in [7, 11) is 2.06. The molecule has 5 heteroatoms. The minimum absolute atomic E-state index is 0.387. The fraction of sp³-hybridized carbons (Fsp3) is 0.158. The van der Waals surface area contributed by atoms with Crippen LogP contribution in [0.2, 0.25) is 0 Å². The highest BCUT2D eigenvalue weighted by atomic mass is 16.0. The maximum Gasteiger partial charge on any atom is 0.153 e. The molecular weight excluding hydrogens is 298 g/mol. The maximum atomic E-state index is 3.47. The molecule has 0 radical (unpaired) electrons. The van der Waals surface area contributed by atoms with Crippen LogP contribution in [0.1, 0.15) is 12.5 Å². The van der Waals surface area contributed by atoms with Crippen molar-refractivity contribution in [3.8, 4) is 0 Å². The van der Waals surface area contributed by atoms with Crippen LogP contribution in [0, 0.1) is 0 Å². The summed E-state index contributed by atoms with van der Waals surface area (Å²) in [6.07, 6.45) is 1.95. The van der Waals surface area contributed by atoms with Crippen LogP contribution in [0.15, 0.2) is 79.0 Å². The first-order valence-corrected chi connectivity index (χ1v) is 8.05. The summed E-state index contributed by atoms with van der Waals surface area (Å²) < 4.78 is 0. The molecule has 5 nitrogen and oxygen atoms in total. The van der Waals surface area contributed by atoms with Crippen molar-refractivity contribution in [2.75, 3.05) is 17.2 Å². The van der Waals surface area contributed by atoms with Gasteiger partial charge in [-0.1, -0.05) is 48.5 Å². The molecule has 3 aromatic rings. The Kier molecular flexibility index (Phi) is 3.52. The third-order valence-electron chi connectivity index (χ3n) is 4.64. The standard InChI is InChI=1S/C19H21N5/c1-19(16-10-5-3-6-11-16)22(2)21-24(17-12-7-4-8-13-17)23(19)18-14-9-15-20-18/h3-15,20-21H,1-2H3. The van der Waals surface area contributed by atoms with Gasteiger partial charge in [-0.05, 0) is 36.8 Å². The van der Waals surface area contributed by atoms with Gasteiger partial charge in [-0.3, -0.25) is 0 Å². The topological polar surface area (TPSA) is 37.5 Å². The monoisotopic (exact) mass is 319 g/mol. The first-order valence-electron chi connectivity index (χ1n) is 8.05. The highest BCUT2D eigenvalue weighted by molar-refractivity contribution is 5.58. The van der Waals surface area contributed by atoms with Crippen molar-refractivity contribution in [3.05, 3.63) is 84.6 Å². The number of nitrogens with zero attached hydrogens (tertiary/aromatic N) is 3. The Hall–Kier alpha value is -2.76. The zero-order valence-corrected chi connectivity index (χ0v) is 13.8. The number of H-pyrrole nitrogens is 1. The van der Waals surface area contributed by atoms with E-state index in [4.69, 9.17) is 0 Å². The number of rotatable bonds is 3. The van der Waals surface area contributed by atoms with Crippen molar-refractivity contribution in [1.29, 1.82) is 0 Å². The fourth-order valence-electron chi connectivity index (χ4n) is 3.23. The van der Waals surface area contributed by atoms with Gasteiger partial charge in [0.2, 0.25) is 0 Å². The summed E-state index contributed by atoms with van der Waals surface area (Å²) in [4.78, 5) is 3.34. The number of aromatic amines is 1. The normalized spacial score (nSPS) is 21.4. The van der Waals surface area contributed by atoms with Crippen molar-refractivity contribution in [2.45, 2.75) is 12.6 Å². The molecule has 122 valence electrons. The molecule has 1 unspecified atom stereocenters. The average molecular weight is 319 g/mol. The van der Waals surface area contributed by atoms with Crippen molar-refractivity contribution in [3.63, 3.8) is 0 Å². The molecular formula is C19H21N5. The summed E-state index contributed by atoms with van der Waals surface area (Å²) >= 11 is 0. The summed E-state index contributed by atoms with van der Waals surface area (Å²) in [5.41, 5.74) is 5.35. The quantitative estimate of drug-likeness (QED) is 0.775. The minimum Gasteiger partial charge on any atom is -0.347 e. The number of para-hydroxylation sites is 1. The lowest BCUT2D eigenvalue weighted by molar-refractivity contribution is 0.144. The smallest absolute Gasteiger partial charge is 0.153 e. The molecule has 1 atom stereocenters. The van der Waals surface area contributed by atoms with Crippen LogP contribution < -0.4 is 15.7 Å². The van der Waals surface area contributed by atoms with E-state index in [2.05, 4.69) is 82.1 Å². The Morgan fingerprint density at radius 1 is 0.833 bits per heavy atom. The van der Waals surface area contributed by atoms with Gasteiger partial charge in [0.05, 0.1) is 5.69 Å². The van der Waals surface area contributed by atoms with Crippen LogP contribution in [0.3, 0.4) is 0 Å². The van der Waals surface area contributed by atoms with Crippen molar-refractivity contribution in [2.24, 2.45) is 0 Å². The number of hydrogen-bond acceptors (Lipinski definition) is 4. The summed E-state index contributed by atoms with van der Waals surface area (Å²) in [5.74, 6) is 1.02. The molecule has 2 heterocycles. The summed E-state index contributed by atoms with van der Waals surface area (Å²) in [6, 6.07) is 24.9. The molecule has 0 spiro atoms. The highest BCUT2D eigenvalue weighted by Gasteiger charge is 2.48. The van der Waals surface area contributed by atoms with Crippen molar-refractivity contribution in [1.82, 2.24) is 15.5 Å². The van der Waals surface area contributed by atoms with E-state index in [-0.39, 0.29) is 5.66 Å². The van der Waals surface area contributed by atoms with E-state index in [9.17, 15) is 0 Å². The molecule has 0 amide bonds. The molecule has 2 aromatic carbocycles. The van der Waals surface area contributed by atoms with Crippen LogP contribution in [0.5, 0.6) is 0 Å². The third-order valence-corrected chi connectivity index (χ3v) is 4.64. The Labute approximate surface area is 142 Å². The molecule has 1 fully saturated rings. The number of nitrogens with one attached hydrogen (secondary N) is 2. The highest BCUT2D eigenvalue weighted by Crippen LogP contribution is 2.40. The zero-order chi connectivity index (χ0) is 16.6. The van der Waals surface area contributed by atoms with Gasteiger partial charge in [-0.15, -0.1) is 5.53 Å². The van der Waals surface area contributed by atoms with Gasteiger partial charge in [0, 0.05) is 13.2 Å². The Balaban J connectivity index is 1.87. The van der Waals surface area contributed by atoms with Gasteiger partial charge in [0.15, 0.2) is 5.66 Å². The SMILES string of the molecule is CN1NN(c2ccccc2)N(c2ccc[nH]2)C1(C)c1ccccc1. The largest absolute Gasteiger partial charge is 0.347 e. The molecule has 0 aliphatic carbocycles. The average Bonchev–Trinajstić information content (AvgIpc) is 3.24. The lowest BCUT2D eigenvalue weighted by Gasteiger charge is -2.39. The Morgan fingerprint density at radius 2 is 1.50 bits per heavy atom. The van der Waals surface area contributed by atoms with E-state index in [1.807, 2.05) is 36.5 Å². The molecule has 24 heavy (non-hydrogen) atoms. The van der Waals surface area contributed by atoms with E-state index in [0.717, 1.165) is 11.5 Å². The molecule has 0 saturated carbocycles. The van der Waals surface area contributed by atoms with Gasteiger partial charge in [0.25, 0.3) is 0 Å². The zero-order valence-electron chi connectivity index (χ0n) is 13.8. The van der Waals surface area contributed by atoms with Gasteiger partial charge < -0.3 is 4.98 Å². The Morgan fingerprint density at radius 3 is 2.12 bits per heavy atom. The van der Waals surface area contributed by atoms with Gasteiger partial charge >= 0.3 is 0 Å². The van der Waals surface area contributed by atoms with Crippen molar-refractivity contribution >= 4 is 11.5 Å². The van der Waals surface area contributed by atoms with Crippen LogP contribution in [-0.4, -0.2) is 17.0 Å². The Bertz CT molecular complexity index is 787. The number of benzene rings is 2. The molecule has 1 aromatic heterocycles. The maximum absolute atomic E-state index is 3.47. The molecule has 0 bridgehead atoms. The number of hydrogen-bond donors (Lipinski definition) is 2. The summed E-state index contributed by atoms with van der Waals surface area (Å²) in [6.45, 7) is 2.21. The molecule has 1 saturated heterocycles. The second-order valence-electron chi connectivity index (χ2n) is 6.06. The predicted octanol–water partition coefficient (Wildman–Crippen LogP) is 3.48. The summed E-state index contributed by atoms with van der Waals surface area (Å²) in [5, 5.41) is 6.42. The van der Waals surface area contributed by atoms with Gasteiger partial charge in [-0.25, -0.2) is 5.01 Å². The van der Waals surface area contributed by atoms with Gasteiger partial charge in [0.1, 0.15) is 5.82 Å². The molecule has 1 aliphatic heterocycles. The van der Waals surface area contributed by atoms with Gasteiger partial charge in [-0.2, -0.15) is 10.1 Å². The third kappa shape index (κ3) is 2.18. The van der Waals surface area contributed by atoms with E-state index >= 15 is 0 Å².